The number of carbonyl (C=O) groups excluding carboxylic acids is 2. The van der Waals surface area contributed by atoms with E-state index >= 15 is 0 Å². The van der Waals surface area contributed by atoms with E-state index in [0.717, 1.165) is 42.4 Å². The van der Waals surface area contributed by atoms with E-state index in [1.807, 2.05) is 30.5 Å². The summed E-state index contributed by atoms with van der Waals surface area (Å²) in [6.07, 6.45) is 7.13. The van der Waals surface area contributed by atoms with Gasteiger partial charge in [0.15, 0.2) is 5.78 Å². The molecule has 170 valence electrons. The highest BCUT2D eigenvalue weighted by Gasteiger charge is 2.41. The Bertz CT molecular complexity index is 1410. The molecule has 2 aliphatic rings. The highest BCUT2D eigenvalue weighted by molar-refractivity contribution is 6.05. The van der Waals surface area contributed by atoms with E-state index in [0.29, 0.717) is 34.8 Å². The van der Waals surface area contributed by atoms with E-state index in [1.54, 1.807) is 30.6 Å². The molecular formula is C26H23N5O3. The van der Waals surface area contributed by atoms with Crippen molar-refractivity contribution in [3.63, 3.8) is 0 Å². The normalized spacial score (nSPS) is 16.8. The number of aromatic nitrogens is 3. The molecule has 1 fully saturated rings. The highest BCUT2D eigenvalue weighted by atomic mass is 16.5. The number of fused-ring (bicyclic) bond motifs is 2. The molecule has 1 saturated heterocycles. The largest absolute Gasteiger partial charge is 0.486 e. The number of Topliss-reactive ketones (excluding diaryl/α,β-unsaturated/α-hetero) is 1. The number of hydrogen-bond acceptors (Lipinski definition) is 6. The van der Waals surface area contributed by atoms with Crippen LogP contribution in [0.15, 0.2) is 61.1 Å². The fourth-order valence-corrected chi connectivity index (χ4v) is 4.83. The summed E-state index contributed by atoms with van der Waals surface area (Å²) in [5.41, 5.74) is 3.31. The fourth-order valence-electron chi connectivity index (χ4n) is 4.83. The zero-order valence-corrected chi connectivity index (χ0v) is 18.4. The summed E-state index contributed by atoms with van der Waals surface area (Å²) in [7, 11) is 0. The zero-order valence-electron chi connectivity index (χ0n) is 18.4. The molecule has 1 aromatic carbocycles. The molecule has 6 rings (SSSR count). The number of carbonyl (C=O) groups is 2. The Labute approximate surface area is 195 Å². The molecule has 0 unspecified atom stereocenters. The predicted molar refractivity (Wildman–Crippen MR) is 128 cm³/mol. The third-order valence-electron chi connectivity index (χ3n) is 6.64. The van der Waals surface area contributed by atoms with Crippen LogP contribution in [0.2, 0.25) is 0 Å². The standard InChI is InChI=1S/C26H23N5O3/c32-21-14-26(7-11-28-12-8-26)34-22-13-17(1-2-19(21)22)20-15-29-24-18(20)3-4-23(30-24)31-25(33)16-5-9-27-10-6-16/h1-6,9-10,13,15,28H,7-8,11-12,14H2,(H2,29,30,31,33). The molecule has 0 saturated carbocycles. The molecule has 34 heavy (non-hydrogen) atoms. The summed E-state index contributed by atoms with van der Waals surface area (Å²) in [4.78, 5) is 37.0. The zero-order chi connectivity index (χ0) is 23.1. The number of hydrogen-bond donors (Lipinski definition) is 3. The van der Waals surface area contributed by atoms with Gasteiger partial charge in [-0.3, -0.25) is 14.6 Å². The van der Waals surface area contributed by atoms with Crippen molar-refractivity contribution < 1.29 is 14.3 Å². The van der Waals surface area contributed by atoms with E-state index in [1.165, 1.54) is 0 Å². The Balaban J connectivity index is 1.30. The third kappa shape index (κ3) is 3.62. The molecule has 0 atom stereocenters. The summed E-state index contributed by atoms with van der Waals surface area (Å²) in [5, 5.41) is 7.08. The van der Waals surface area contributed by atoms with Crippen LogP contribution in [0, 0.1) is 0 Å². The van der Waals surface area contributed by atoms with Crippen molar-refractivity contribution in [1.29, 1.82) is 0 Å². The van der Waals surface area contributed by atoms with Crippen molar-refractivity contribution in [1.82, 2.24) is 20.3 Å². The number of benzene rings is 1. The molecular weight excluding hydrogens is 430 g/mol. The fraction of sp³-hybridized carbons (Fsp3) is 0.231. The van der Waals surface area contributed by atoms with Crippen molar-refractivity contribution in [2.45, 2.75) is 24.9 Å². The van der Waals surface area contributed by atoms with Gasteiger partial charge in [0.05, 0.1) is 12.0 Å². The average molecular weight is 454 g/mol. The molecule has 1 amide bonds. The Morgan fingerprint density at radius 1 is 1.03 bits per heavy atom. The number of amides is 1. The first kappa shape index (κ1) is 20.6. The van der Waals surface area contributed by atoms with Gasteiger partial charge in [-0.15, -0.1) is 0 Å². The maximum absolute atomic E-state index is 12.8. The van der Waals surface area contributed by atoms with E-state index in [2.05, 4.69) is 25.6 Å². The van der Waals surface area contributed by atoms with Crippen molar-refractivity contribution >= 4 is 28.5 Å². The summed E-state index contributed by atoms with van der Waals surface area (Å²) in [5.74, 6) is 1.00. The molecule has 3 aromatic heterocycles. The van der Waals surface area contributed by atoms with Gasteiger partial charge in [0.2, 0.25) is 0 Å². The highest BCUT2D eigenvalue weighted by Crippen LogP contribution is 2.41. The number of rotatable bonds is 3. The Morgan fingerprint density at radius 2 is 1.85 bits per heavy atom. The van der Waals surface area contributed by atoms with Crippen LogP contribution in [0.1, 0.15) is 40.0 Å². The minimum Gasteiger partial charge on any atom is -0.486 e. The summed E-state index contributed by atoms with van der Waals surface area (Å²) in [6, 6.07) is 12.8. The minimum atomic E-state index is -0.405. The van der Waals surface area contributed by atoms with Crippen LogP contribution in [-0.2, 0) is 0 Å². The Hall–Kier alpha value is -4.04. The van der Waals surface area contributed by atoms with Gasteiger partial charge in [0.1, 0.15) is 22.8 Å². The van der Waals surface area contributed by atoms with Crippen LogP contribution in [0.3, 0.4) is 0 Å². The van der Waals surface area contributed by atoms with E-state index in [4.69, 9.17) is 4.74 Å². The lowest BCUT2D eigenvalue weighted by Crippen LogP contribution is -2.49. The number of nitrogens with one attached hydrogen (secondary N) is 3. The molecule has 4 aromatic rings. The SMILES string of the molecule is O=C(Nc1ccc2c(-c3ccc4c(c3)OC3(CCNCC3)CC4=O)c[nH]c2n1)c1ccncc1. The predicted octanol–water partition coefficient (Wildman–Crippen LogP) is 3.96. The molecule has 0 radical (unpaired) electrons. The first-order valence-corrected chi connectivity index (χ1v) is 11.4. The number of nitrogens with zero attached hydrogens (tertiary/aromatic N) is 2. The topological polar surface area (TPSA) is 109 Å². The van der Waals surface area contributed by atoms with Gasteiger partial charge < -0.3 is 20.4 Å². The van der Waals surface area contributed by atoms with E-state index < -0.39 is 5.60 Å². The van der Waals surface area contributed by atoms with Gasteiger partial charge in [-0.25, -0.2) is 4.98 Å². The number of pyridine rings is 2. The van der Waals surface area contributed by atoms with Gasteiger partial charge in [-0.05, 0) is 55.1 Å². The smallest absolute Gasteiger partial charge is 0.256 e. The van der Waals surface area contributed by atoms with Gasteiger partial charge in [-0.2, -0.15) is 0 Å². The van der Waals surface area contributed by atoms with Crippen molar-refractivity contribution in [3.8, 4) is 16.9 Å². The first-order valence-electron chi connectivity index (χ1n) is 11.4. The quantitative estimate of drug-likeness (QED) is 0.433. The number of ketones is 1. The average Bonchev–Trinajstić information content (AvgIpc) is 3.28. The first-order chi connectivity index (χ1) is 16.6. The lowest BCUT2D eigenvalue weighted by molar-refractivity contribution is 0.0188. The number of H-pyrrole nitrogens is 1. The maximum atomic E-state index is 12.8. The van der Waals surface area contributed by atoms with Crippen LogP contribution in [0.25, 0.3) is 22.2 Å². The lowest BCUT2D eigenvalue weighted by atomic mass is 9.82. The molecule has 3 N–H and O–H groups in total. The molecule has 0 aliphatic carbocycles. The molecule has 1 spiro atoms. The maximum Gasteiger partial charge on any atom is 0.256 e. The van der Waals surface area contributed by atoms with Gasteiger partial charge >= 0.3 is 0 Å². The van der Waals surface area contributed by atoms with Crippen LogP contribution in [-0.4, -0.2) is 45.3 Å². The van der Waals surface area contributed by atoms with E-state index in [9.17, 15) is 9.59 Å². The van der Waals surface area contributed by atoms with Crippen molar-refractivity contribution in [3.05, 3.63) is 72.2 Å². The minimum absolute atomic E-state index is 0.143. The second-order valence-electron chi connectivity index (χ2n) is 8.83. The van der Waals surface area contributed by atoms with Crippen LogP contribution in [0.4, 0.5) is 5.82 Å². The number of ether oxygens (including phenoxy) is 1. The third-order valence-corrected chi connectivity index (χ3v) is 6.64. The molecule has 2 aliphatic heterocycles. The monoisotopic (exact) mass is 453 g/mol. The molecule has 8 heteroatoms. The number of piperidine rings is 1. The van der Waals surface area contributed by atoms with Crippen LogP contribution in [0.5, 0.6) is 5.75 Å². The second-order valence-corrected chi connectivity index (χ2v) is 8.83. The summed E-state index contributed by atoms with van der Waals surface area (Å²) >= 11 is 0. The van der Waals surface area contributed by atoms with Crippen molar-refractivity contribution in [2.24, 2.45) is 0 Å². The Kier molecular flexibility index (Phi) is 4.88. The van der Waals surface area contributed by atoms with Crippen LogP contribution >= 0.6 is 0 Å². The van der Waals surface area contributed by atoms with Crippen LogP contribution < -0.4 is 15.4 Å². The van der Waals surface area contributed by atoms with Gasteiger partial charge in [0, 0.05) is 47.9 Å². The molecule has 5 heterocycles. The summed E-state index contributed by atoms with van der Waals surface area (Å²) < 4.78 is 6.45. The lowest BCUT2D eigenvalue weighted by Gasteiger charge is -2.41. The molecule has 8 nitrogen and oxygen atoms in total. The second kappa shape index (κ2) is 8.07. The van der Waals surface area contributed by atoms with Crippen molar-refractivity contribution in [2.75, 3.05) is 18.4 Å². The van der Waals surface area contributed by atoms with Gasteiger partial charge in [0.25, 0.3) is 5.91 Å². The Morgan fingerprint density at radius 3 is 2.68 bits per heavy atom. The van der Waals surface area contributed by atoms with E-state index in [-0.39, 0.29) is 11.7 Å². The summed E-state index contributed by atoms with van der Waals surface area (Å²) in [6.45, 7) is 1.72. The number of aromatic amines is 1. The molecule has 0 bridgehead atoms. The van der Waals surface area contributed by atoms with Gasteiger partial charge in [-0.1, -0.05) is 6.07 Å². The number of anilines is 1.